The number of rotatable bonds is 6. The first-order chi connectivity index (χ1) is 14.6. The van der Waals surface area contributed by atoms with Crippen LogP contribution in [0, 0.1) is 0 Å². The van der Waals surface area contributed by atoms with Gasteiger partial charge >= 0.3 is 5.69 Å². The number of aromatic nitrogens is 2. The van der Waals surface area contributed by atoms with Crippen molar-refractivity contribution in [2.24, 2.45) is 0 Å². The minimum atomic E-state index is -0.320. The van der Waals surface area contributed by atoms with Crippen LogP contribution < -0.4 is 10.4 Å². The van der Waals surface area contributed by atoms with Crippen molar-refractivity contribution in [2.45, 2.75) is 19.1 Å². The summed E-state index contributed by atoms with van der Waals surface area (Å²) in [6.45, 7) is 10.0. The van der Waals surface area contributed by atoms with Crippen LogP contribution in [-0.4, -0.2) is 42.1 Å². The second-order valence-electron chi connectivity index (χ2n) is 7.14. The van der Waals surface area contributed by atoms with Gasteiger partial charge in [-0.15, -0.1) is 0 Å². The molecule has 1 aromatic carbocycles. The molecule has 156 valence electrons. The Morgan fingerprint density at radius 1 is 1.37 bits per heavy atom. The number of benzene rings is 1. The van der Waals surface area contributed by atoms with Crippen LogP contribution in [0.5, 0.6) is 5.88 Å². The summed E-state index contributed by atoms with van der Waals surface area (Å²) in [5.41, 5.74) is 4.36. The number of ether oxygens (including phenoxy) is 3. The van der Waals surface area contributed by atoms with E-state index in [1.165, 1.54) is 0 Å². The first-order valence-corrected chi connectivity index (χ1v) is 10.2. The Balaban J connectivity index is 1.64. The van der Waals surface area contributed by atoms with Gasteiger partial charge in [0.1, 0.15) is 12.7 Å². The second kappa shape index (κ2) is 9.00. The molecule has 2 aliphatic heterocycles. The van der Waals surface area contributed by atoms with Gasteiger partial charge in [0.15, 0.2) is 0 Å². The molecule has 1 atom stereocenters. The van der Waals surface area contributed by atoms with Crippen LogP contribution in [0.3, 0.4) is 0 Å². The first kappa shape index (κ1) is 20.6. The summed E-state index contributed by atoms with van der Waals surface area (Å²) in [5.74, 6) is 0.290. The van der Waals surface area contributed by atoms with E-state index in [0.29, 0.717) is 37.3 Å². The summed E-state index contributed by atoms with van der Waals surface area (Å²) in [6.07, 6.45) is 4.09. The van der Waals surface area contributed by atoms with Crippen molar-refractivity contribution in [3.05, 3.63) is 76.2 Å². The summed E-state index contributed by atoms with van der Waals surface area (Å²) in [4.78, 5) is 16.6. The molecule has 0 bridgehead atoms. The lowest BCUT2D eigenvalue weighted by molar-refractivity contribution is -0.102. The zero-order chi connectivity index (χ0) is 21.1. The molecule has 0 spiro atoms. The van der Waals surface area contributed by atoms with Gasteiger partial charge in [0, 0.05) is 23.2 Å². The number of halogens is 1. The third-order valence-corrected chi connectivity index (χ3v) is 5.37. The Morgan fingerprint density at radius 3 is 2.97 bits per heavy atom. The van der Waals surface area contributed by atoms with Crippen molar-refractivity contribution in [1.29, 1.82) is 0 Å². The quantitative estimate of drug-likeness (QED) is 0.660. The van der Waals surface area contributed by atoms with Gasteiger partial charge in [-0.3, -0.25) is 4.57 Å². The summed E-state index contributed by atoms with van der Waals surface area (Å²) in [7, 11) is 0. The molecule has 2 aromatic rings. The number of aryl methyl sites for hydroxylation is 1. The predicted molar refractivity (Wildman–Crippen MR) is 117 cm³/mol. The van der Waals surface area contributed by atoms with Gasteiger partial charge in [-0.1, -0.05) is 55.1 Å². The van der Waals surface area contributed by atoms with Gasteiger partial charge in [-0.25, -0.2) is 4.79 Å². The average molecular weight is 427 g/mol. The maximum Gasteiger partial charge on any atom is 0.351 e. The van der Waals surface area contributed by atoms with Crippen LogP contribution in [0.15, 0.2) is 59.4 Å². The molecule has 0 aliphatic carbocycles. The van der Waals surface area contributed by atoms with Crippen LogP contribution in [-0.2, 0) is 22.4 Å². The van der Waals surface area contributed by atoms with Gasteiger partial charge < -0.3 is 14.2 Å². The van der Waals surface area contributed by atoms with Crippen LogP contribution in [0.4, 0.5) is 0 Å². The third-order valence-electron chi connectivity index (χ3n) is 5.16. The fourth-order valence-electron chi connectivity index (χ4n) is 3.72. The molecule has 7 heteroatoms. The molecule has 1 aromatic heterocycles. The molecule has 4 rings (SSSR count). The van der Waals surface area contributed by atoms with E-state index in [1.807, 2.05) is 24.3 Å². The van der Waals surface area contributed by atoms with Crippen molar-refractivity contribution in [3.8, 4) is 17.1 Å². The van der Waals surface area contributed by atoms with E-state index in [0.717, 1.165) is 34.4 Å². The van der Waals surface area contributed by atoms with Crippen LogP contribution in [0.25, 0.3) is 16.8 Å². The van der Waals surface area contributed by atoms with E-state index >= 15 is 0 Å². The molecule has 3 heterocycles. The number of nitrogens with zero attached hydrogens (tertiary/aromatic N) is 2. The van der Waals surface area contributed by atoms with Crippen molar-refractivity contribution in [3.63, 3.8) is 0 Å². The number of hydrogen-bond acceptors (Lipinski definition) is 5. The molecule has 0 radical (unpaired) electrons. The molecule has 1 fully saturated rings. The number of allylic oxidation sites excluding steroid dienone is 4. The smallest absolute Gasteiger partial charge is 0.351 e. The maximum atomic E-state index is 12.6. The molecule has 30 heavy (non-hydrogen) atoms. The lowest BCUT2D eigenvalue weighted by Gasteiger charge is -2.24. The minimum Gasteiger partial charge on any atom is -0.475 e. The van der Waals surface area contributed by atoms with E-state index in [2.05, 4.69) is 24.2 Å². The topological polar surface area (TPSA) is 62.6 Å². The van der Waals surface area contributed by atoms with Crippen molar-refractivity contribution < 1.29 is 14.2 Å². The fraction of sp³-hybridized carbons (Fsp3) is 0.304. The minimum absolute atomic E-state index is 0.159. The van der Waals surface area contributed by atoms with Gasteiger partial charge in [0.05, 0.1) is 25.5 Å². The van der Waals surface area contributed by atoms with Crippen LogP contribution in [0.2, 0.25) is 0 Å². The standard InChI is InChI=1S/C23H23ClN2O4/c1-3-4-19(15(2)24)16-5-6-20-17(11-16)7-8-26-21(20)12-22(25-23(26)27)30-14-18-13-28-9-10-29-18/h3-6,11-12,18H,1-2,7-10,13-14H2/b19-4+. The molecule has 0 N–H and O–H groups in total. The zero-order valence-electron chi connectivity index (χ0n) is 16.6. The molecule has 2 aliphatic rings. The summed E-state index contributed by atoms with van der Waals surface area (Å²) in [5, 5.41) is 0.455. The predicted octanol–water partition coefficient (Wildman–Crippen LogP) is 3.58. The van der Waals surface area contributed by atoms with E-state index in [4.69, 9.17) is 25.8 Å². The molecule has 1 saturated heterocycles. The number of fused-ring (bicyclic) bond motifs is 3. The van der Waals surface area contributed by atoms with Crippen molar-refractivity contribution in [2.75, 3.05) is 26.4 Å². The Labute approximate surface area is 180 Å². The normalized spacial score (nSPS) is 18.3. The zero-order valence-corrected chi connectivity index (χ0v) is 17.4. The van der Waals surface area contributed by atoms with E-state index in [9.17, 15) is 4.79 Å². The lowest BCUT2D eigenvalue weighted by atomic mass is 9.93. The van der Waals surface area contributed by atoms with Crippen molar-refractivity contribution in [1.82, 2.24) is 9.55 Å². The van der Waals surface area contributed by atoms with Crippen LogP contribution >= 0.6 is 11.6 Å². The van der Waals surface area contributed by atoms with E-state index in [1.54, 1.807) is 10.6 Å². The molecular formula is C23H23ClN2O4. The Bertz CT molecular complexity index is 1070. The molecular weight excluding hydrogens is 404 g/mol. The highest BCUT2D eigenvalue weighted by Crippen LogP contribution is 2.34. The highest BCUT2D eigenvalue weighted by Gasteiger charge is 2.21. The lowest BCUT2D eigenvalue weighted by Crippen LogP contribution is -2.34. The largest absolute Gasteiger partial charge is 0.475 e. The third kappa shape index (κ3) is 4.26. The van der Waals surface area contributed by atoms with Crippen molar-refractivity contribution >= 4 is 17.2 Å². The Kier molecular flexibility index (Phi) is 6.18. The monoisotopic (exact) mass is 426 g/mol. The molecule has 1 unspecified atom stereocenters. The molecule has 6 nitrogen and oxygen atoms in total. The summed E-state index contributed by atoms with van der Waals surface area (Å²) >= 11 is 6.16. The molecule has 0 amide bonds. The van der Waals surface area contributed by atoms with E-state index < -0.39 is 0 Å². The Hall–Kier alpha value is -2.67. The van der Waals surface area contributed by atoms with Gasteiger partial charge in [-0.2, -0.15) is 4.98 Å². The molecule has 0 saturated carbocycles. The van der Waals surface area contributed by atoms with Crippen LogP contribution in [0.1, 0.15) is 11.1 Å². The second-order valence-corrected chi connectivity index (χ2v) is 7.59. The number of hydrogen-bond donors (Lipinski definition) is 0. The van der Waals surface area contributed by atoms with Gasteiger partial charge in [0.2, 0.25) is 5.88 Å². The highest BCUT2D eigenvalue weighted by molar-refractivity contribution is 6.36. The fourth-order valence-corrected chi connectivity index (χ4v) is 3.89. The summed E-state index contributed by atoms with van der Waals surface area (Å²) in [6, 6.07) is 7.86. The first-order valence-electron chi connectivity index (χ1n) is 9.82. The van der Waals surface area contributed by atoms with E-state index in [-0.39, 0.29) is 18.4 Å². The maximum absolute atomic E-state index is 12.6. The van der Waals surface area contributed by atoms with Gasteiger partial charge in [0.25, 0.3) is 0 Å². The summed E-state index contributed by atoms with van der Waals surface area (Å²) < 4.78 is 18.4. The average Bonchev–Trinajstić information content (AvgIpc) is 2.76. The Morgan fingerprint density at radius 2 is 2.23 bits per heavy atom. The SMILES string of the molecule is C=C/C=C(\C(=C)Cl)c1ccc2c(c1)CCn1c-2cc(OCC2COCCO2)nc1=O. The highest BCUT2D eigenvalue weighted by atomic mass is 35.5. The van der Waals surface area contributed by atoms with Gasteiger partial charge in [-0.05, 0) is 23.1 Å².